The third-order valence-electron chi connectivity index (χ3n) is 1.36. The van der Waals surface area contributed by atoms with Crippen molar-refractivity contribution in [1.29, 1.82) is 5.26 Å². The zero-order valence-corrected chi connectivity index (χ0v) is 8.35. The van der Waals surface area contributed by atoms with E-state index in [1.54, 1.807) is 28.7 Å². The van der Waals surface area contributed by atoms with Gasteiger partial charge in [-0.3, -0.25) is 10.1 Å². The second kappa shape index (κ2) is 3.57. The SMILES string of the molecule is N#Cc1c(I)cc(O)cc1[N+](=O)[O-]. The van der Waals surface area contributed by atoms with Crippen molar-refractivity contribution in [2.24, 2.45) is 0 Å². The van der Waals surface area contributed by atoms with Gasteiger partial charge in [-0.05, 0) is 28.7 Å². The van der Waals surface area contributed by atoms with Crippen LogP contribution in [0.15, 0.2) is 12.1 Å². The number of nitro benzene ring substituents is 1. The van der Waals surface area contributed by atoms with E-state index in [0.29, 0.717) is 3.57 Å². The molecule has 0 saturated carbocycles. The third-order valence-corrected chi connectivity index (χ3v) is 2.21. The fraction of sp³-hybridized carbons (Fsp3) is 0. The number of benzene rings is 1. The van der Waals surface area contributed by atoms with Crippen molar-refractivity contribution in [2.45, 2.75) is 0 Å². The molecule has 0 bridgehead atoms. The molecular formula is C7H3IN2O3. The summed E-state index contributed by atoms with van der Waals surface area (Å²) in [7, 11) is 0. The minimum absolute atomic E-state index is 0.0246. The first-order valence-electron chi connectivity index (χ1n) is 3.13. The Kier molecular flexibility index (Phi) is 2.67. The second-order valence-electron chi connectivity index (χ2n) is 2.19. The number of aromatic hydroxyl groups is 1. The number of rotatable bonds is 1. The Morgan fingerprint density at radius 3 is 2.69 bits per heavy atom. The van der Waals surface area contributed by atoms with Crippen LogP contribution in [0.25, 0.3) is 0 Å². The van der Waals surface area contributed by atoms with Gasteiger partial charge < -0.3 is 5.11 Å². The Bertz CT molecular complexity index is 411. The van der Waals surface area contributed by atoms with E-state index < -0.39 is 4.92 Å². The van der Waals surface area contributed by atoms with Crippen LogP contribution in [0.5, 0.6) is 5.75 Å². The highest BCUT2D eigenvalue weighted by atomic mass is 127. The van der Waals surface area contributed by atoms with Crippen molar-refractivity contribution in [2.75, 3.05) is 0 Å². The summed E-state index contributed by atoms with van der Waals surface area (Å²) in [6.07, 6.45) is 0. The van der Waals surface area contributed by atoms with Gasteiger partial charge in [-0.15, -0.1) is 0 Å². The molecule has 13 heavy (non-hydrogen) atoms. The Labute approximate surface area is 86.9 Å². The Hall–Kier alpha value is -1.36. The largest absolute Gasteiger partial charge is 0.508 e. The lowest BCUT2D eigenvalue weighted by molar-refractivity contribution is -0.385. The van der Waals surface area contributed by atoms with E-state index in [2.05, 4.69) is 0 Å². The first-order chi connectivity index (χ1) is 6.06. The molecule has 1 aromatic rings. The first-order valence-corrected chi connectivity index (χ1v) is 4.21. The molecular weight excluding hydrogens is 287 g/mol. The van der Waals surface area contributed by atoms with Crippen molar-refractivity contribution < 1.29 is 10.0 Å². The molecule has 0 aromatic heterocycles. The van der Waals surface area contributed by atoms with E-state index in [0.717, 1.165) is 6.07 Å². The van der Waals surface area contributed by atoms with Crippen LogP contribution in [0.4, 0.5) is 5.69 Å². The Balaban J connectivity index is 3.50. The van der Waals surface area contributed by atoms with E-state index in [-0.39, 0.29) is 17.0 Å². The number of halogens is 1. The van der Waals surface area contributed by atoms with Gasteiger partial charge in [-0.2, -0.15) is 5.26 Å². The van der Waals surface area contributed by atoms with Gasteiger partial charge in [0.2, 0.25) is 0 Å². The Morgan fingerprint density at radius 1 is 1.62 bits per heavy atom. The van der Waals surface area contributed by atoms with Crippen molar-refractivity contribution in [3.8, 4) is 11.8 Å². The molecule has 0 heterocycles. The van der Waals surface area contributed by atoms with Crippen molar-refractivity contribution >= 4 is 28.3 Å². The van der Waals surface area contributed by atoms with Crippen LogP contribution < -0.4 is 0 Å². The number of nitro groups is 1. The van der Waals surface area contributed by atoms with Crippen LogP contribution in [0, 0.1) is 25.0 Å². The number of phenolic OH excluding ortho intramolecular Hbond substituents is 1. The quantitative estimate of drug-likeness (QED) is 0.485. The highest BCUT2D eigenvalue weighted by molar-refractivity contribution is 14.1. The van der Waals surface area contributed by atoms with Crippen LogP contribution >= 0.6 is 22.6 Å². The van der Waals surface area contributed by atoms with E-state index >= 15 is 0 Å². The van der Waals surface area contributed by atoms with Crippen LogP contribution in [0.3, 0.4) is 0 Å². The fourth-order valence-electron chi connectivity index (χ4n) is 0.833. The smallest absolute Gasteiger partial charge is 0.291 e. The first kappa shape index (κ1) is 9.73. The van der Waals surface area contributed by atoms with Gasteiger partial charge in [0, 0.05) is 3.57 Å². The van der Waals surface area contributed by atoms with Gasteiger partial charge in [0.05, 0.1) is 11.0 Å². The van der Waals surface area contributed by atoms with Gasteiger partial charge in [0.25, 0.3) is 5.69 Å². The molecule has 0 radical (unpaired) electrons. The summed E-state index contributed by atoms with van der Waals surface area (Å²) in [5, 5.41) is 28.1. The highest BCUT2D eigenvalue weighted by Gasteiger charge is 2.17. The third kappa shape index (κ3) is 1.86. The summed E-state index contributed by atoms with van der Waals surface area (Å²) in [5.74, 6) is -0.213. The van der Waals surface area contributed by atoms with Crippen LogP contribution in [0.2, 0.25) is 0 Å². The maximum atomic E-state index is 10.4. The fourth-order valence-corrected chi connectivity index (χ4v) is 1.55. The maximum Gasteiger partial charge on any atom is 0.291 e. The molecule has 5 nitrogen and oxygen atoms in total. The number of hydrogen-bond acceptors (Lipinski definition) is 4. The van der Waals surface area contributed by atoms with E-state index in [1.807, 2.05) is 0 Å². The predicted molar refractivity (Wildman–Crippen MR) is 52.2 cm³/mol. The summed E-state index contributed by atoms with van der Waals surface area (Å²) >= 11 is 1.76. The standard InChI is InChI=1S/C7H3IN2O3/c8-6-1-4(11)2-7(10(12)13)5(6)3-9/h1-2,11H. The topological polar surface area (TPSA) is 87.2 Å². The van der Waals surface area contributed by atoms with Gasteiger partial charge >= 0.3 is 0 Å². The second-order valence-corrected chi connectivity index (χ2v) is 3.35. The average Bonchev–Trinajstić information content (AvgIpc) is 2.02. The molecule has 1 N–H and O–H groups in total. The molecule has 0 spiro atoms. The molecule has 1 aromatic carbocycles. The molecule has 0 saturated heterocycles. The molecule has 1 rings (SSSR count). The summed E-state index contributed by atoms with van der Waals surface area (Å²) in [4.78, 5) is 9.73. The highest BCUT2D eigenvalue weighted by Crippen LogP contribution is 2.28. The lowest BCUT2D eigenvalue weighted by Gasteiger charge is -1.98. The number of hydrogen-bond donors (Lipinski definition) is 1. The number of phenols is 1. The number of nitrogens with zero attached hydrogens (tertiary/aromatic N) is 2. The normalized spacial score (nSPS) is 9.23. The maximum absolute atomic E-state index is 10.4. The van der Waals surface area contributed by atoms with Crippen molar-refractivity contribution in [1.82, 2.24) is 0 Å². The molecule has 0 aliphatic rings. The van der Waals surface area contributed by atoms with Crippen LogP contribution in [-0.4, -0.2) is 10.0 Å². The molecule has 0 fully saturated rings. The summed E-state index contributed by atoms with van der Waals surface area (Å²) < 4.78 is 0.367. The van der Waals surface area contributed by atoms with E-state index in [1.165, 1.54) is 6.07 Å². The molecule has 6 heteroatoms. The minimum atomic E-state index is -0.694. The molecule has 0 aliphatic heterocycles. The Morgan fingerprint density at radius 2 is 2.23 bits per heavy atom. The van der Waals surface area contributed by atoms with Crippen molar-refractivity contribution in [3.63, 3.8) is 0 Å². The molecule has 66 valence electrons. The summed E-state index contributed by atoms with van der Waals surface area (Å²) in [5.41, 5.74) is -0.393. The van der Waals surface area contributed by atoms with Gasteiger partial charge in [0.15, 0.2) is 0 Å². The molecule has 0 unspecified atom stereocenters. The van der Waals surface area contributed by atoms with E-state index in [4.69, 9.17) is 10.4 Å². The summed E-state index contributed by atoms with van der Waals surface area (Å²) in [6, 6.07) is 3.97. The lowest BCUT2D eigenvalue weighted by Crippen LogP contribution is -1.94. The van der Waals surface area contributed by atoms with Gasteiger partial charge in [-0.1, -0.05) is 0 Å². The van der Waals surface area contributed by atoms with Gasteiger partial charge in [0.1, 0.15) is 17.4 Å². The zero-order chi connectivity index (χ0) is 10.0. The molecule has 0 atom stereocenters. The van der Waals surface area contributed by atoms with Crippen LogP contribution in [0.1, 0.15) is 5.56 Å². The predicted octanol–water partition coefficient (Wildman–Crippen LogP) is 1.78. The van der Waals surface area contributed by atoms with E-state index in [9.17, 15) is 10.1 Å². The van der Waals surface area contributed by atoms with Gasteiger partial charge in [-0.25, -0.2) is 0 Å². The van der Waals surface area contributed by atoms with Crippen LogP contribution in [-0.2, 0) is 0 Å². The lowest BCUT2D eigenvalue weighted by atomic mass is 10.2. The molecule has 0 amide bonds. The monoisotopic (exact) mass is 290 g/mol. The minimum Gasteiger partial charge on any atom is -0.508 e. The average molecular weight is 290 g/mol. The van der Waals surface area contributed by atoms with Crippen molar-refractivity contribution in [3.05, 3.63) is 31.4 Å². The molecule has 0 aliphatic carbocycles. The summed E-state index contributed by atoms with van der Waals surface area (Å²) in [6.45, 7) is 0. The number of nitriles is 1. The zero-order valence-electron chi connectivity index (χ0n) is 6.19.